The Hall–Kier alpha value is -2.83. The van der Waals surface area contributed by atoms with Gasteiger partial charge in [0.15, 0.2) is 0 Å². The summed E-state index contributed by atoms with van der Waals surface area (Å²) in [6.45, 7) is 1.77. The summed E-state index contributed by atoms with van der Waals surface area (Å²) in [6, 6.07) is 5.29. The van der Waals surface area contributed by atoms with E-state index in [9.17, 15) is 14.4 Å². The number of rotatable bonds is 6. The first-order valence-corrected chi connectivity index (χ1v) is 6.18. The molecule has 0 unspecified atom stereocenters. The summed E-state index contributed by atoms with van der Waals surface area (Å²) >= 11 is 0. The number of nitrogens with one attached hydrogen (secondary N) is 2. The van der Waals surface area contributed by atoms with E-state index < -0.39 is 18.0 Å². The zero-order valence-corrected chi connectivity index (χ0v) is 11.4. The topological polar surface area (TPSA) is 116 Å². The number of benzene rings is 1. The molecule has 0 heterocycles. The van der Waals surface area contributed by atoms with E-state index in [2.05, 4.69) is 10.6 Å². The van der Waals surface area contributed by atoms with Crippen molar-refractivity contribution in [2.75, 3.05) is 11.9 Å². The van der Waals surface area contributed by atoms with E-state index in [1.165, 1.54) is 37.3 Å². The lowest BCUT2D eigenvalue weighted by atomic mass is 10.2. The van der Waals surface area contributed by atoms with Crippen LogP contribution in [0.15, 0.2) is 35.9 Å². The standard InChI is InChI=1S/C14H16N2O5/c1-9(12(17)18)3-2-8-15-14(21)16-11-6-4-10(5-7-11)13(19)20/h3-7H,2,8H2,1H3,(H,17,18)(H,19,20)(H2,15,16,21). The highest BCUT2D eigenvalue weighted by molar-refractivity contribution is 5.91. The Morgan fingerprint density at radius 3 is 2.29 bits per heavy atom. The molecule has 0 atom stereocenters. The molecular weight excluding hydrogens is 276 g/mol. The van der Waals surface area contributed by atoms with Crippen LogP contribution in [0.4, 0.5) is 10.5 Å². The molecule has 0 saturated carbocycles. The van der Waals surface area contributed by atoms with Crippen molar-refractivity contribution in [2.24, 2.45) is 0 Å². The molecule has 0 aliphatic heterocycles. The quantitative estimate of drug-likeness (QED) is 0.472. The van der Waals surface area contributed by atoms with Crippen molar-refractivity contribution in [1.29, 1.82) is 0 Å². The molecule has 1 rings (SSSR count). The molecule has 1 aromatic rings. The maximum atomic E-state index is 11.5. The summed E-state index contributed by atoms with van der Waals surface area (Å²) in [7, 11) is 0. The first kappa shape index (κ1) is 16.2. The number of hydrogen-bond donors (Lipinski definition) is 4. The lowest BCUT2D eigenvalue weighted by molar-refractivity contribution is -0.132. The smallest absolute Gasteiger partial charge is 0.335 e. The van der Waals surface area contributed by atoms with Crippen molar-refractivity contribution in [2.45, 2.75) is 13.3 Å². The zero-order chi connectivity index (χ0) is 15.8. The van der Waals surface area contributed by atoms with Crippen LogP contribution in [0.2, 0.25) is 0 Å². The van der Waals surface area contributed by atoms with Gasteiger partial charge in [-0.1, -0.05) is 6.08 Å². The van der Waals surface area contributed by atoms with Gasteiger partial charge in [-0.05, 0) is 37.6 Å². The van der Waals surface area contributed by atoms with Crippen LogP contribution in [0.3, 0.4) is 0 Å². The molecule has 7 heteroatoms. The van der Waals surface area contributed by atoms with E-state index in [-0.39, 0.29) is 11.1 Å². The predicted molar refractivity (Wildman–Crippen MR) is 76.4 cm³/mol. The summed E-state index contributed by atoms with van der Waals surface area (Å²) in [5.41, 5.74) is 0.825. The third-order valence-corrected chi connectivity index (χ3v) is 2.61. The van der Waals surface area contributed by atoms with Crippen LogP contribution < -0.4 is 10.6 Å². The Morgan fingerprint density at radius 2 is 1.76 bits per heavy atom. The van der Waals surface area contributed by atoms with Crippen molar-refractivity contribution in [1.82, 2.24) is 5.32 Å². The van der Waals surface area contributed by atoms with Gasteiger partial charge in [0.2, 0.25) is 0 Å². The number of carbonyl (C=O) groups is 3. The first-order chi connectivity index (χ1) is 9.90. The average molecular weight is 292 g/mol. The first-order valence-electron chi connectivity index (χ1n) is 6.18. The van der Waals surface area contributed by atoms with E-state index >= 15 is 0 Å². The minimum absolute atomic E-state index is 0.134. The van der Waals surface area contributed by atoms with Crippen LogP contribution >= 0.6 is 0 Å². The number of anilines is 1. The van der Waals surface area contributed by atoms with Gasteiger partial charge >= 0.3 is 18.0 Å². The Morgan fingerprint density at radius 1 is 1.14 bits per heavy atom. The summed E-state index contributed by atoms with van der Waals surface area (Å²) in [4.78, 5) is 32.7. The van der Waals surface area contributed by atoms with E-state index in [4.69, 9.17) is 10.2 Å². The lowest BCUT2D eigenvalue weighted by Gasteiger charge is -2.07. The van der Waals surface area contributed by atoms with Gasteiger partial charge < -0.3 is 20.8 Å². The van der Waals surface area contributed by atoms with Gasteiger partial charge in [-0.2, -0.15) is 0 Å². The van der Waals surface area contributed by atoms with E-state index in [0.717, 1.165) is 0 Å². The summed E-state index contributed by atoms with van der Waals surface area (Å²) in [5.74, 6) is -2.02. The fourth-order valence-corrected chi connectivity index (χ4v) is 1.43. The number of amides is 2. The molecular formula is C14H16N2O5. The fourth-order valence-electron chi connectivity index (χ4n) is 1.43. The molecule has 0 aliphatic rings. The molecule has 0 spiro atoms. The maximum Gasteiger partial charge on any atom is 0.335 e. The van der Waals surface area contributed by atoms with Gasteiger partial charge in [-0.25, -0.2) is 14.4 Å². The minimum atomic E-state index is -1.04. The molecule has 112 valence electrons. The maximum absolute atomic E-state index is 11.5. The second-order valence-corrected chi connectivity index (χ2v) is 4.24. The number of carbonyl (C=O) groups excluding carboxylic acids is 1. The molecule has 0 aliphatic carbocycles. The third-order valence-electron chi connectivity index (χ3n) is 2.61. The van der Waals surface area contributed by atoms with Gasteiger partial charge in [0.1, 0.15) is 0 Å². The van der Waals surface area contributed by atoms with Crippen LogP contribution in [0, 0.1) is 0 Å². The normalized spacial score (nSPS) is 10.8. The average Bonchev–Trinajstić information content (AvgIpc) is 2.43. The Labute approximate surface area is 121 Å². The van der Waals surface area contributed by atoms with Crippen LogP contribution in [0.5, 0.6) is 0 Å². The van der Waals surface area contributed by atoms with Crippen LogP contribution in [-0.2, 0) is 4.79 Å². The van der Waals surface area contributed by atoms with Gasteiger partial charge in [-0.3, -0.25) is 0 Å². The molecule has 2 amide bonds. The van der Waals surface area contributed by atoms with Crippen LogP contribution in [0.25, 0.3) is 0 Å². The number of urea groups is 1. The number of carboxylic acid groups (broad SMARTS) is 2. The third kappa shape index (κ3) is 5.77. The van der Waals surface area contributed by atoms with E-state index in [1.54, 1.807) is 0 Å². The number of carboxylic acids is 2. The number of hydrogen-bond acceptors (Lipinski definition) is 3. The highest BCUT2D eigenvalue weighted by Crippen LogP contribution is 2.09. The second-order valence-electron chi connectivity index (χ2n) is 4.24. The van der Waals surface area contributed by atoms with Crippen molar-refractivity contribution >= 4 is 23.7 Å². The van der Waals surface area contributed by atoms with Crippen molar-refractivity contribution in [3.63, 3.8) is 0 Å². The monoisotopic (exact) mass is 292 g/mol. The predicted octanol–water partition coefficient (Wildman–Crippen LogP) is 1.93. The Bertz CT molecular complexity index is 563. The highest BCUT2D eigenvalue weighted by Gasteiger charge is 2.04. The summed E-state index contributed by atoms with van der Waals surface area (Å²) in [6.07, 6.45) is 1.92. The van der Waals surface area contributed by atoms with Crippen molar-refractivity contribution < 1.29 is 24.6 Å². The minimum Gasteiger partial charge on any atom is -0.478 e. The van der Waals surface area contributed by atoms with E-state index in [0.29, 0.717) is 18.7 Å². The van der Waals surface area contributed by atoms with Crippen molar-refractivity contribution in [3.8, 4) is 0 Å². The molecule has 0 aromatic heterocycles. The molecule has 0 bridgehead atoms. The highest BCUT2D eigenvalue weighted by atomic mass is 16.4. The lowest BCUT2D eigenvalue weighted by Crippen LogP contribution is -2.29. The summed E-state index contributed by atoms with van der Waals surface area (Å²) in [5, 5.41) is 22.5. The van der Waals surface area contributed by atoms with Crippen LogP contribution in [0.1, 0.15) is 23.7 Å². The molecule has 0 radical (unpaired) electrons. The summed E-state index contributed by atoms with van der Waals surface area (Å²) < 4.78 is 0. The fraction of sp³-hybridized carbons (Fsp3) is 0.214. The Balaban J connectivity index is 2.39. The van der Waals surface area contributed by atoms with Gasteiger partial charge in [0, 0.05) is 17.8 Å². The van der Waals surface area contributed by atoms with Crippen molar-refractivity contribution in [3.05, 3.63) is 41.5 Å². The molecule has 4 N–H and O–H groups in total. The molecule has 0 saturated heterocycles. The largest absolute Gasteiger partial charge is 0.478 e. The molecule has 7 nitrogen and oxygen atoms in total. The molecule has 1 aromatic carbocycles. The molecule has 21 heavy (non-hydrogen) atoms. The van der Waals surface area contributed by atoms with E-state index in [1.807, 2.05) is 0 Å². The van der Waals surface area contributed by atoms with Gasteiger partial charge in [0.05, 0.1) is 5.56 Å². The Kier molecular flexibility index (Phi) is 5.94. The molecule has 0 fully saturated rings. The SMILES string of the molecule is CC(=CCCNC(=O)Nc1ccc(C(=O)O)cc1)C(=O)O. The van der Waals surface area contributed by atoms with Gasteiger partial charge in [0.25, 0.3) is 0 Å². The number of aliphatic carboxylic acids is 1. The van der Waals surface area contributed by atoms with Crippen LogP contribution in [-0.4, -0.2) is 34.7 Å². The van der Waals surface area contributed by atoms with Gasteiger partial charge in [-0.15, -0.1) is 0 Å². The second kappa shape index (κ2) is 7.68. The zero-order valence-electron chi connectivity index (χ0n) is 11.4. The number of aromatic carboxylic acids is 1.